The second-order valence-corrected chi connectivity index (χ2v) is 5.52. The molecule has 0 aromatic heterocycles. The lowest BCUT2D eigenvalue weighted by Crippen LogP contribution is -2.13. The summed E-state index contributed by atoms with van der Waals surface area (Å²) in [5.74, 6) is 0.534. The molecule has 0 aliphatic heterocycles. The SMILES string of the molecule is CC(C)C1CCC(=Cc2c(F)cccc2F)CC1. The zero-order valence-electron chi connectivity index (χ0n) is 11.0. The Morgan fingerprint density at radius 3 is 2.17 bits per heavy atom. The van der Waals surface area contributed by atoms with Gasteiger partial charge < -0.3 is 0 Å². The van der Waals surface area contributed by atoms with Gasteiger partial charge in [0.25, 0.3) is 0 Å². The largest absolute Gasteiger partial charge is 0.206 e. The van der Waals surface area contributed by atoms with Crippen molar-refractivity contribution in [2.75, 3.05) is 0 Å². The molecule has 1 aromatic rings. The molecule has 2 heteroatoms. The van der Waals surface area contributed by atoms with Gasteiger partial charge in [0.15, 0.2) is 0 Å². The number of hydrogen-bond donors (Lipinski definition) is 0. The number of rotatable bonds is 2. The minimum atomic E-state index is -0.464. The molecule has 18 heavy (non-hydrogen) atoms. The van der Waals surface area contributed by atoms with Crippen molar-refractivity contribution in [1.82, 2.24) is 0 Å². The Bertz CT molecular complexity index is 416. The number of benzene rings is 1. The Morgan fingerprint density at radius 1 is 1.11 bits per heavy atom. The van der Waals surface area contributed by atoms with Crippen LogP contribution in [0.25, 0.3) is 6.08 Å². The van der Waals surface area contributed by atoms with E-state index in [1.54, 1.807) is 6.08 Å². The molecule has 0 spiro atoms. The highest BCUT2D eigenvalue weighted by molar-refractivity contribution is 5.54. The van der Waals surface area contributed by atoms with Crippen LogP contribution in [0.1, 0.15) is 45.1 Å². The molecule has 1 saturated carbocycles. The molecule has 0 amide bonds. The third-order valence-corrected chi connectivity index (χ3v) is 3.96. The molecule has 0 saturated heterocycles. The summed E-state index contributed by atoms with van der Waals surface area (Å²) in [6, 6.07) is 4.03. The van der Waals surface area contributed by atoms with E-state index in [0.29, 0.717) is 5.92 Å². The van der Waals surface area contributed by atoms with E-state index in [2.05, 4.69) is 13.8 Å². The number of allylic oxidation sites excluding steroid dienone is 1. The van der Waals surface area contributed by atoms with E-state index in [9.17, 15) is 8.78 Å². The first-order chi connectivity index (χ1) is 8.58. The van der Waals surface area contributed by atoms with Crippen molar-refractivity contribution in [3.8, 4) is 0 Å². The van der Waals surface area contributed by atoms with Gasteiger partial charge in [0.1, 0.15) is 11.6 Å². The van der Waals surface area contributed by atoms with Crippen LogP contribution in [-0.4, -0.2) is 0 Å². The average Bonchev–Trinajstić information content (AvgIpc) is 2.34. The Kier molecular flexibility index (Phi) is 4.15. The van der Waals surface area contributed by atoms with Crippen molar-refractivity contribution in [2.24, 2.45) is 11.8 Å². The van der Waals surface area contributed by atoms with Gasteiger partial charge in [-0.1, -0.05) is 25.5 Å². The molecule has 0 N–H and O–H groups in total. The Morgan fingerprint density at radius 2 is 1.67 bits per heavy atom. The summed E-state index contributed by atoms with van der Waals surface area (Å²) in [7, 11) is 0. The minimum Gasteiger partial charge on any atom is -0.206 e. The van der Waals surface area contributed by atoms with Crippen molar-refractivity contribution in [3.63, 3.8) is 0 Å². The fourth-order valence-electron chi connectivity index (χ4n) is 2.67. The van der Waals surface area contributed by atoms with Gasteiger partial charge in [-0.15, -0.1) is 0 Å². The molecule has 1 aliphatic rings. The normalized spacial score (nSPS) is 20.3. The molecule has 0 atom stereocenters. The topological polar surface area (TPSA) is 0 Å². The molecule has 1 fully saturated rings. The summed E-state index contributed by atoms with van der Waals surface area (Å²) < 4.78 is 27.1. The third kappa shape index (κ3) is 2.98. The van der Waals surface area contributed by atoms with E-state index >= 15 is 0 Å². The average molecular weight is 250 g/mol. The number of hydrogen-bond acceptors (Lipinski definition) is 0. The number of halogens is 2. The van der Waals surface area contributed by atoms with E-state index in [4.69, 9.17) is 0 Å². The minimum absolute atomic E-state index is 0.121. The van der Waals surface area contributed by atoms with Crippen LogP contribution >= 0.6 is 0 Å². The maximum Gasteiger partial charge on any atom is 0.133 e. The van der Waals surface area contributed by atoms with Gasteiger partial charge in [0, 0.05) is 5.56 Å². The molecule has 2 rings (SSSR count). The third-order valence-electron chi connectivity index (χ3n) is 3.96. The Hall–Kier alpha value is -1.18. The van der Waals surface area contributed by atoms with Gasteiger partial charge in [-0.3, -0.25) is 0 Å². The fourth-order valence-corrected chi connectivity index (χ4v) is 2.67. The monoisotopic (exact) mass is 250 g/mol. The maximum atomic E-state index is 13.5. The summed E-state index contributed by atoms with van der Waals surface area (Å²) in [4.78, 5) is 0. The standard InChI is InChI=1S/C16H20F2/c1-11(2)13-8-6-12(7-9-13)10-14-15(17)4-3-5-16(14)18/h3-5,10-11,13H,6-9H2,1-2H3. The Labute approximate surface area is 108 Å². The van der Waals surface area contributed by atoms with Gasteiger partial charge in [-0.05, 0) is 55.7 Å². The smallest absolute Gasteiger partial charge is 0.133 e. The first-order valence-electron chi connectivity index (χ1n) is 6.71. The van der Waals surface area contributed by atoms with Crippen LogP contribution in [0.15, 0.2) is 23.8 Å². The molecule has 0 heterocycles. The highest BCUT2D eigenvalue weighted by atomic mass is 19.1. The summed E-state index contributed by atoms with van der Waals surface area (Å²) in [6.45, 7) is 4.49. The molecule has 1 aromatic carbocycles. The zero-order chi connectivity index (χ0) is 13.1. The highest BCUT2D eigenvalue weighted by Gasteiger charge is 2.19. The zero-order valence-corrected chi connectivity index (χ0v) is 11.0. The molecule has 0 unspecified atom stereocenters. The first kappa shape index (κ1) is 13.3. The van der Waals surface area contributed by atoms with Crippen LogP contribution < -0.4 is 0 Å². The molecular formula is C16H20F2. The van der Waals surface area contributed by atoms with Crippen LogP contribution in [0.2, 0.25) is 0 Å². The summed E-state index contributed by atoms with van der Waals surface area (Å²) in [6.07, 6.45) is 5.92. The van der Waals surface area contributed by atoms with Crippen LogP contribution in [0.3, 0.4) is 0 Å². The molecular weight excluding hydrogens is 230 g/mol. The second-order valence-electron chi connectivity index (χ2n) is 5.52. The predicted molar refractivity (Wildman–Crippen MR) is 71.1 cm³/mol. The molecule has 0 bridgehead atoms. The van der Waals surface area contributed by atoms with Crippen molar-refractivity contribution >= 4 is 6.08 Å². The quantitative estimate of drug-likeness (QED) is 0.677. The van der Waals surface area contributed by atoms with Crippen molar-refractivity contribution < 1.29 is 8.78 Å². The second kappa shape index (κ2) is 5.64. The van der Waals surface area contributed by atoms with Crippen LogP contribution in [0.5, 0.6) is 0 Å². The van der Waals surface area contributed by atoms with E-state index < -0.39 is 11.6 Å². The van der Waals surface area contributed by atoms with Gasteiger partial charge in [0.2, 0.25) is 0 Å². The van der Waals surface area contributed by atoms with Gasteiger partial charge >= 0.3 is 0 Å². The van der Waals surface area contributed by atoms with E-state index in [1.165, 1.54) is 23.8 Å². The predicted octanol–water partition coefficient (Wildman–Crippen LogP) is 5.19. The highest BCUT2D eigenvalue weighted by Crippen LogP contribution is 2.34. The van der Waals surface area contributed by atoms with Gasteiger partial charge in [-0.25, -0.2) is 8.78 Å². The molecule has 0 nitrogen and oxygen atoms in total. The van der Waals surface area contributed by atoms with Crippen molar-refractivity contribution in [2.45, 2.75) is 39.5 Å². The molecule has 1 aliphatic carbocycles. The first-order valence-corrected chi connectivity index (χ1v) is 6.71. The van der Waals surface area contributed by atoms with Gasteiger partial charge in [0.05, 0.1) is 0 Å². The summed E-state index contributed by atoms with van der Waals surface area (Å²) in [5.41, 5.74) is 1.30. The van der Waals surface area contributed by atoms with Crippen molar-refractivity contribution in [3.05, 3.63) is 41.0 Å². The van der Waals surface area contributed by atoms with Crippen LogP contribution in [0.4, 0.5) is 8.78 Å². The van der Waals surface area contributed by atoms with Crippen LogP contribution in [-0.2, 0) is 0 Å². The lowest BCUT2D eigenvalue weighted by atomic mass is 9.79. The van der Waals surface area contributed by atoms with Crippen molar-refractivity contribution in [1.29, 1.82) is 0 Å². The lowest BCUT2D eigenvalue weighted by molar-refractivity contribution is 0.312. The van der Waals surface area contributed by atoms with Crippen LogP contribution in [0, 0.1) is 23.5 Å². The summed E-state index contributed by atoms with van der Waals surface area (Å²) in [5, 5.41) is 0. The van der Waals surface area contributed by atoms with Gasteiger partial charge in [-0.2, -0.15) is 0 Å². The summed E-state index contributed by atoms with van der Waals surface area (Å²) >= 11 is 0. The lowest BCUT2D eigenvalue weighted by Gasteiger charge is -2.27. The Balaban J connectivity index is 2.12. The molecule has 0 radical (unpaired) electrons. The fraction of sp³-hybridized carbons (Fsp3) is 0.500. The van der Waals surface area contributed by atoms with E-state index in [1.807, 2.05) is 0 Å². The van der Waals surface area contributed by atoms with E-state index in [0.717, 1.165) is 31.6 Å². The molecule has 98 valence electrons. The van der Waals surface area contributed by atoms with E-state index in [-0.39, 0.29) is 5.56 Å². The maximum absolute atomic E-state index is 13.5.